The van der Waals surface area contributed by atoms with E-state index in [0.717, 1.165) is 0 Å². The van der Waals surface area contributed by atoms with Gasteiger partial charge in [0.05, 0.1) is 22.8 Å². The lowest BCUT2D eigenvalue weighted by molar-refractivity contribution is -0.144. The number of rotatable bonds is 1. The first kappa shape index (κ1) is 14.4. The molecule has 0 unspecified atom stereocenters. The second kappa shape index (κ2) is 4.52. The van der Waals surface area contributed by atoms with Gasteiger partial charge in [-0.15, -0.1) is 0 Å². The summed E-state index contributed by atoms with van der Waals surface area (Å²) in [5.41, 5.74) is -4.31. The molecule has 1 aromatic carbocycles. The molecule has 0 atom stereocenters. The molecule has 0 saturated heterocycles. The van der Waals surface area contributed by atoms with E-state index in [0.29, 0.717) is 12.1 Å². The highest BCUT2D eigenvalue weighted by molar-refractivity contribution is 5.46. The van der Waals surface area contributed by atoms with Crippen LogP contribution in [0.2, 0.25) is 0 Å². The van der Waals surface area contributed by atoms with Gasteiger partial charge in [0.25, 0.3) is 0 Å². The summed E-state index contributed by atoms with van der Waals surface area (Å²) in [6, 6.07) is 2.18. The minimum Gasteiger partial charge on any atom is -0.192 e. The molecule has 0 bridgehead atoms. The predicted octanol–water partition coefficient (Wildman–Crippen LogP) is 4.16. The van der Waals surface area contributed by atoms with Gasteiger partial charge in [-0.2, -0.15) is 31.6 Å². The average Bonchev–Trinajstić information content (AvgIpc) is 2.24. The molecule has 98 valence electrons. The summed E-state index contributed by atoms with van der Waals surface area (Å²) in [6.45, 7) is 1.20. The standard InChI is InChI=1S/C11H7F6N/c1-2-7-8(10(12,13)14)3-6(5-18)4-9(7)11(15,16)17/h3-4H,2H2,1H3. The predicted molar refractivity (Wildman–Crippen MR) is 50.5 cm³/mol. The number of nitrogens with zero attached hydrogens (tertiary/aromatic N) is 1. The molecular formula is C11H7F6N. The molecule has 1 nitrogen and oxygen atoms in total. The lowest BCUT2D eigenvalue weighted by Gasteiger charge is -2.18. The molecule has 0 radical (unpaired) electrons. The smallest absolute Gasteiger partial charge is 0.192 e. The quantitative estimate of drug-likeness (QED) is 0.701. The maximum atomic E-state index is 12.6. The van der Waals surface area contributed by atoms with Crippen LogP contribution in [0.25, 0.3) is 0 Å². The number of halogens is 6. The fraction of sp³-hybridized carbons (Fsp3) is 0.364. The van der Waals surface area contributed by atoms with Crippen LogP contribution in [-0.4, -0.2) is 0 Å². The van der Waals surface area contributed by atoms with E-state index in [1.165, 1.54) is 13.0 Å². The Balaban J connectivity index is 3.68. The molecule has 0 aliphatic carbocycles. The minimum absolute atomic E-state index is 0.421. The van der Waals surface area contributed by atoms with Gasteiger partial charge in [0, 0.05) is 0 Å². The van der Waals surface area contributed by atoms with Crippen LogP contribution in [0.15, 0.2) is 12.1 Å². The lowest BCUT2D eigenvalue weighted by Crippen LogP contribution is -2.16. The molecule has 0 amide bonds. The monoisotopic (exact) mass is 267 g/mol. The third kappa shape index (κ3) is 2.75. The van der Waals surface area contributed by atoms with Gasteiger partial charge in [-0.25, -0.2) is 0 Å². The summed E-state index contributed by atoms with van der Waals surface area (Å²) >= 11 is 0. The van der Waals surface area contributed by atoms with E-state index >= 15 is 0 Å². The van der Waals surface area contributed by atoms with E-state index in [-0.39, 0.29) is 0 Å². The normalized spacial score (nSPS) is 12.3. The summed E-state index contributed by atoms with van der Waals surface area (Å²) in [7, 11) is 0. The van der Waals surface area contributed by atoms with Crippen molar-refractivity contribution in [3.05, 3.63) is 34.4 Å². The van der Waals surface area contributed by atoms with Crippen LogP contribution < -0.4 is 0 Å². The van der Waals surface area contributed by atoms with Gasteiger partial charge in [-0.1, -0.05) is 6.92 Å². The SMILES string of the molecule is CCc1c(C(F)(F)F)cc(C#N)cc1C(F)(F)F. The minimum atomic E-state index is -4.92. The highest BCUT2D eigenvalue weighted by Gasteiger charge is 2.40. The van der Waals surface area contributed by atoms with Crippen LogP contribution >= 0.6 is 0 Å². The first-order chi connectivity index (χ1) is 8.11. The summed E-state index contributed by atoms with van der Waals surface area (Å²) < 4.78 is 75.9. The molecule has 0 aliphatic rings. The lowest BCUT2D eigenvalue weighted by atomic mass is 9.95. The van der Waals surface area contributed by atoms with Crippen molar-refractivity contribution in [1.29, 1.82) is 5.26 Å². The van der Waals surface area contributed by atoms with Gasteiger partial charge in [0.1, 0.15) is 0 Å². The van der Waals surface area contributed by atoms with E-state index in [1.807, 2.05) is 0 Å². The first-order valence-corrected chi connectivity index (χ1v) is 4.82. The maximum absolute atomic E-state index is 12.6. The van der Waals surface area contributed by atoms with Crippen molar-refractivity contribution in [3.8, 4) is 6.07 Å². The topological polar surface area (TPSA) is 23.8 Å². The van der Waals surface area contributed by atoms with E-state index in [1.54, 1.807) is 0 Å². The Kier molecular flexibility index (Phi) is 3.60. The van der Waals surface area contributed by atoms with Crippen molar-refractivity contribution in [1.82, 2.24) is 0 Å². The van der Waals surface area contributed by atoms with E-state index in [4.69, 9.17) is 5.26 Å². The van der Waals surface area contributed by atoms with Crippen LogP contribution in [0.4, 0.5) is 26.3 Å². The number of nitriles is 1. The van der Waals surface area contributed by atoms with Crippen LogP contribution in [0.5, 0.6) is 0 Å². The average molecular weight is 267 g/mol. The van der Waals surface area contributed by atoms with Crippen LogP contribution in [0.1, 0.15) is 29.2 Å². The van der Waals surface area contributed by atoms with Gasteiger partial charge in [0.2, 0.25) is 0 Å². The highest BCUT2D eigenvalue weighted by atomic mass is 19.4. The van der Waals surface area contributed by atoms with Crippen molar-refractivity contribution in [2.75, 3.05) is 0 Å². The van der Waals surface area contributed by atoms with E-state index in [2.05, 4.69) is 0 Å². The Hall–Kier alpha value is -1.71. The van der Waals surface area contributed by atoms with Crippen molar-refractivity contribution in [2.24, 2.45) is 0 Å². The zero-order valence-electron chi connectivity index (χ0n) is 9.08. The molecule has 1 aromatic rings. The van der Waals surface area contributed by atoms with Gasteiger partial charge >= 0.3 is 12.4 Å². The Morgan fingerprint density at radius 2 is 1.39 bits per heavy atom. The number of hydrogen-bond donors (Lipinski definition) is 0. The highest BCUT2D eigenvalue weighted by Crippen LogP contribution is 2.40. The second-order valence-corrected chi connectivity index (χ2v) is 3.51. The second-order valence-electron chi connectivity index (χ2n) is 3.51. The van der Waals surface area contributed by atoms with Gasteiger partial charge in [-0.05, 0) is 24.1 Å². The Bertz CT molecular complexity index is 457. The maximum Gasteiger partial charge on any atom is 0.416 e. The largest absolute Gasteiger partial charge is 0.416 e. The first-order valence-electron chi connectivity index (χ1n) is 4.82. The Morgan fingerprint density at radius 1 is 1.00 bits per heavy atom. The molecule has 1 rings (SSSR count). The molecular weight excluding hydrogens is 260 g/mol. The molecule has 0 saturated carbocycles. The molecule has 0 fully saturated rings. The van der Waals surface area contributed by atoms with Gasteiger partial charge in [0.15, 0.2) is 0 Å². The van der Waals surface area contributed by atoms with E-state index < -0.39 is 41.0 Å². The third-order valence-corrected chi connectivity index (χ3v) is 2.34. The molecule has 0 heterocycles. The zero-order valence-corrected chi connectivity index (χ0v) is 9.08. The number of benzene rings is 1. The molecule has 18 heavy (non-hydrogen) atoms. The van der Waals surface area contributed by atoms with Crippen molar-refractivity contribution >= 4 is 0 Å². The summed E-state index contributed by atoms with van der Waals surface area (Å²) in [5, 5.41) is 8.50. The summed E-state index contributed by atoms with van der Waals surface area (Å²) in [5.74, 6) is 0. The fourth-order valence-corrected chi connectivity index (χ4v) is 1.62. The Labute approximate surface area is 98.6 Å². The third-order valence-electron chi connectivity index (χ3n) is 2.34. The van der Waals surface area contributed by atoms with E-state index in [9.17, 15) is 26.3 Å². The van der Waals surface area contributed by atoms with Crippen LogP contribution in [0.3, 0.4) is 0 Å². The van der Waals surface area contributed by atoms with Gasteiger partial charge in [-0.3, -0.25) is 0 Å². The zero-order chi connectivity index (χ0) is 14.1. The van der Waals surface area contributed by atoms with Crippen molar-refractivity contribution < 1.29 is 26.3 Å². The number of alkyl halides is 6. The van der Waals surface area contributed by atoms with Crippen molar-refractivity contribution in [2.45, 2.75) is 25.7 Å². The summed E-state index contributed by atoms with van der Waals surface area (Å²) in [4.78, 5) is 0. The van der Waals surface area contributed by atoms with Crippen LogP contribution in [0, 0.1) is 11.3 Å². The molecule has 0 spiro atoms. The van der Waals surface area contributed by atoms with Crippen molar-refractivity contribution in [3.63, 3.8) is 0 Å². The molecule has 0 N–H and O–H groups in total. The summed E-state index contributed by atoms with van der Waals surface area (Å²) in [6.07, 6.45) is -10.3. The number of hydrogen-bond acceptors (Lipinski definition) is 1. The van der Waals surface area contributed by atoms with Gasteiger partial charge < -0.3 is 0 Å². The molecule has 7 heteroatoms. The molecule has 0 aromatic heterocycles. The fourth-order valence-electron chi connectivity index (χ4n) is 1.62. The van der Waals surface area contributed by atoms with Crippen LogP contribution in [-0.2, 0) is 18.8 Å². The molecule has 0 aliphatic heterocycles. The Morgan fingerprint density at radius 3 is 1.61 bits per heavy atom.